The number of imidazole rings is 1. The maximum Gasteiger partial charge on any atom is 0.265 e. The van der Waals surface area contributed by atoms with Crippen molar-refractivity contribution >= 4 is 5.95 Å². The molecule has 6 heteroatoms. The SMILES string of the molecule is CCN(C)c1noc(C2CCCc3nccn32)n1. The number of nitrogens with zero attached hydrogens (tertiary/aromatic N) is 5. The highest BCUT2D eigenvalue weighted by molar-refractivity contribution is 5.26. The number of anilines is 1. The van der Waals surface area contributed by atoms with Gasteiger partial charge in [0.2, 0.25) is 0 Å². The van der Waals surface area contributed by atoms with Crippen molar-refractivity contribution in [1.82, 2.24) is 19.7 Å². The number of aromatic nitrogens is 4. The van der Waals surface area contributed by atoms with Crippen LogP contribution in [0.3, 0.4) is 0 Å². The molecule has 1 aliphatic rings. The second-order valence-electron chi connectivity index (χ2n) is 4.61. The van der Waals surface area contributed by atoms with Crippen LogP contribution in [0, 0.1) is 0 Å². The summed E-state index contributed by atoms with van der Waals surface area (Å²) in [5.41, 5.74) is 0. The van der Waals surface area contributed by atoms with Gasteiger partial charge in [0, 0.05) is 32.4 Å². The molecule has 0 amide bonds. The van der Waals surface area contributed by atoms with Crippen LogP contribution in [0.15, 0.2) is 16.9 Å². The molecule has 1 unspecified atom stereocenters. The summed E-state index contributed by atoms with van der Waals surface area (Å²) in [7, 11) is 1.96. The Hall–Kier alpha value is -1.85. The van der Waals surface area contributed by atoms with E-state index in [1.807, 2.05) is 24.3 Å². The first-order valence-corrected chi connectivity index (χ1v) is 6.36. The molecule has 18 heavy (non-hydrogen) atoms. The maximum atomic E-state index is 5.40. The number of rotatable bonds is 3. The van der Waals surface area contributed by atoms with Crippen LogP contribution >= 0.6 is 0 Å². The van der Waals surface area contributed by atoms with Gasteiger partial charge in [0.25, 0.3) is 11.8 Å². The van der Waals surface area contributed by atoms with E-state index in [9.17, 15) is 0 Å². The van der Waals surface area contributed by atoms with E-state index in [-0.39, 0.29) is 6.04 Å². The highest BCUT2D eigenvalue weighted by atomic mass is 16.5. The van der Waals surface area contributed by atoms with Crippen molar-refractivity contribution in [3.63, 3.8) is 0 Å². The Kier molecular flexibility index (Phi) is 2.77. The Morgan fingerprint density at radius 1 is 1.56 bits per heavy atom. The van der Waals surface area contributed by atoms with Crippen molar-refractivity contribution in [3.8, 4) is 0 Å². The summed E-state index contributed by atoms with van der Waals surface area (Å²) < 4.78 is 7.55. The van der Waals surface area contributed by atoms with E-state index in [4.69, 9.17) is 4.52 Å². The standard InChI is InChI=1S/C12H17N5O/c1-3-16(2)12-14-11(18-15-12)9-5-4-6-10-13-7-8-17(9)10/h7-9H,3-6H2,1-2H3. The molecule has 0 fully saturated rings. The minimum atomic E-state index is 0.141. The highest BCUT2D eigenvalue weighted by Gasteiger charge is 2.26. The minimum Gasteiger partial charge on any atom is -0.342 e. The molecule has 3 heterocycles. The Morgan fingerprint density at radius 2 is 2.44 bits per heavy atom. The average Bonchev–Trinajstić information content (AvgIpc) is 3.05. The fourth-order valence-corrected chi connectivity index (χ4v) is 2.32. The largest absolute Gasteiger partial charge is 0.342 e. The van der Waals surface area contributed by atoms with Gasteiger partial charge in [0.05, 0.1) is 0 Å². The number of hydrogen-bond acceptors (Lipinski definition) is 5. The van der Waals surface area contributed by atoms with E-state index in [1.165, 1.54) is 0 Å². The maximum absolute atomic E-state index is 5.40. The molecule has 2 aromatic rings. The third-order valence-corrected chi connectivity index (χ3v) is 3.49. The van der Waals surface area contributed by atoms with Crippen LogP contribution in [-0.2, 0) is 6.42 Å². The van der Waals surface area contributed by atoms with Crippen molar-refractivity contribution in [1.29, 1.82) is 0 Å². The van der Waals surface area contributed by atoms with Crippen LogP contribution < -0.4 is 4.90 Å². The predicted octanol–water partition coefficient (Wildman–Crippen LogP) is 1.65. The van der Waals surface area contributed by atoms with E-state index in [2.05, 4.69) is 26.6 Å². The zero-order chi connectivity index (χ0) is 12.5. The van der Waals surface area contributed by atoms with Gasteiger partial charge in [-0.1, -0.05) is 0 Å². The van der Waals surface area contributed by atoms with Crippen molar-refractivity contribution in [2.75, 3.05) is 18.5 Å². The summed E-state index contributed by atoms with van der Waals surface area (Å²) >= 11 is 0. The van der Waals surface area contributed by atoms with Gasteiger partial charge in [-0.25, -0.2) is 4.98 Å². The molecule has 0 aromatic carbocycles. The van der Waals surface area contributed by atoms with E-state index >= 15 is 0 Å². The molecule has 0 saturated carbocycles. The average molecular weight is 247 g/mol. The van der Waals surface area contributed by atoms with Crippen LogP contribution in [0.5, 0.6) is 0 Å². The number of hydrogen-bond donors (Lipinski definition) is 0. The zero-order valence-electron chi connectivity index (χ0n) is 10.7. The lowest BCUT2D eigenvalue weighted by Gasteiger charge is -2.21. The summed E-state index contributed by atoms with van der Waals surface area (Å²) in [6.07, 6.45) is 7.00. The molecule has 96 valence electrons. The molecule has 2 aromatic heterocycles. The van der Waals surface area contributed by atoms with E-state index < -0.39 is 0 Å². The van der Waals surface area contributed by atoms with Gasteiger partial charge in [-0.2, -0.15) is 4.98 Å². The summed E-state index contributed by atoms with van der Waals surface area (Å²) in [4.78, 5) is 10.8. The van der Waals surface area contributed by atoms with Gasteiger partial charge in [-0.05, 0) is 24.9 Å². The van der Waals surface area contributed by atoms with Crippen molar-refractivity contribution in [3.05, 3.63) is 24.1 Å². The van der Waals surface area contributed by atoms with Crippen LogP contribution in [-0.4, -0.2) is 33.3 Å². The molecular formula is C12H17N5O. The normalized spacial score (nSPS) is 18.7. The van der Waals surface area contributed by atoms with Gasteiger partial charge in [-0.3, -0.25) is 0 Å². The molecule has 0 aliphatic carbocycles. The molecule has 1 atom stereocenters. The number of aryl methyl sites for hydroxylation is 1. The summed E-state index contributed by atoms with van der Waals surface area (Å²) in [5, 5.41) is 4.03. The van der Waals surface area contributed by atoms with Gasteiger partial charge in [-0.15, -0.1) is 0 Å². The van der Waals surface area contributed by atoms with Crippen LogP contribution in [0.4, 0.5) is 5.95 Å². The van der Waals surface area contributed by atoms with Gasteiger partial charge >= 0.3 is 0 Å². The molecule has 0 spiro atoms. The van der Waals surface area contributed by atoms with E-state index in [1.54, 1.807) is 0 Å². The third kappa shape index (κ3) is 1.77. The van der Waals surface area contributed by atoms with Crippen LogP contribution in [0.2, 0.25) is 0 Å². The van der Waals surface area contributed by atoms with Crippen LogP contribution in [0.1, 0.15) is 37.5 Å². The molecule has 6 nitrogen and oxygen atoms in total. The van der Waals surface area contributed by atoms with E-state index in [0.29, 0.717) is 11.8 Å². The minimum absolute atomic E-state index is 0.141. The van der Waals surface area contributed by atoms with E-state index in [0.717, 1.165) is 31.6 Å². The van der Waals surface area contributed by atoms with Crippen LogP contribution in [0.25, 0.3) is 0 Å². The second-order valence-corrected chi connectivity index (χ2v) is 4.61. The first-order chi connectivity index (χ1) is 8.79. The lowest BCUT2D eigenvalue weighted by Crippen LogP contribution is -2.20. The monoisotopic (exact) mass is 247 g/mol. The molecule has 0 saturated heterocycles. The fraction of sp³-hybridized carbons (Fsp3) is 0.583. The van der Waals surface area contributed by atoms with Crippen molar-refractivity contribution in [2.45, 2.75) is 32.2 Å². The van der Waals surface area contributed by atoms with Gasteiger partial charge in [0.1, 0.15) is 11.9 Å². The molecule has 0 N–H and O–H groups in total. The smallest absolute Gasteiger partial charge is 0.265 e. The van der Waals surface area contributed by atoms with Gasteiger partial charge in [0.15, 0.2) is 0 Å². The molecule has 1 aliphatic heterocycles. The molecular weight excluding hydrogens is 230 g/mol. The van der Waals surface area contributed by atoms with Gasteiger partial charge < -0.3 is 14.0 Å². The fourth-order valence-electron chi connectivity index (χ4n) is 2.32. The summed E-state index contributed by atoms with van der Waals surface area (Å²) in [6.45, 7) is 2.92. The first kappa shape index (κ1) is 11.3. The number of fused-ring (bicyclic) bond motifs is 1. The predicted molar refractivity (Wildman–Crippen MR) is 66.5 cm³/mol. The molecule has 0 bridgehead atoms. The summed E-state index contributed by atoms with van der Waals surface area (Å²) in [6, 6.07) is 0.141. The first-order valence-electron chi connectivity index (χ1n) is 6.36. The van der Waals surface area contributed by atoms with Crippen molar-refractivity contribution < 1.29 is 4.52 Å². The Bertz CT molecular complexity index is 532. The summed E-state index contributed by atoms with van der Waals surface area (Å²) in [5.74, 6) is 2.44. The Morgan fingerprint density at radius 3 is 3.28 bits per heavy atom. The Balaban J connectivity index is 1.90. The third-order valence-electron chi connectivity index (χ3n) is 3.49. The highest BCUT2D eigenvalue weighted by Crippen LogP contribution is 2.29. The lowest BCUT2D eigenvalue weighted by atomic mass is 10.0. The Labute approximate surface area is 106 Å². The quantitative estimate of drug-likeness (QED) is 0.825. The lowest BCUT2D eigenvalue weighted by molar-refractivity contribution is 0.309. The topological polar surface area (TPSA) is 60.0 Å². The molecule has 3 rings (SSSR count). The van der Waals surface area contributed by atoms with Crippen molar-refractivity contribution in [2.24, 2.45) is 0 Å². The zero-order valence-corrected chi connectivity index (χ0v) is 10.7. The second kappa shape index (κ2) is 4.44. The molecule has 0 radical (unpaired) electrons.